The molecule has 0 spiro atoms. The van der Waals surface area contributed by atoms with E-state index < -0.39 is 11.3 Å². The molecule has 30 heavy (non-hydrogen) atoms. The summed E-state index contributed by atoms with van der Waals surface area (Å²) in [5.41, 5.74) is 3.39. The minimum absolute atomic E-state index is 0.0702. The summed E-state index contributed by atoms with van der Waals surface area (Å²) in [5.74, 6) is 0.483. The molecule has 6 heteroatoms. The van der Waals surface area contributed by atoms with Crippen LogP contribution in [0.2, 0.25) is 0 Å². The second-order valence-electron chi connectivity index (χ2n) is 9.48. The zero-order chi connectivity index (χ0) is 21.0. The highest BCUT2D eigenvalue weighted by Gasteiger charge is 2.39. The minimum Gasteiger partial charge on any atom is -0.501 e. The fourth-order valence-corrected chi connectivity index (χ4v) is 5.41. The van der Waals surface area contributed by atoms with Crippen LogP contribution in [0.4, 0.5) is 0 Å². The van der Waals surface area contributed by atoms with E-state index in [-0.39, 0.29) is 17.0 Å². The molecule has 1 aliphatic heterocycles. The van der Waals surface area contributed by atoms with Gasteiger partial charge < -0.3 is 14.6 Å². The van der Waals surface area contributed by atoms with E-state index in [0.717, 1.165) is 25.7 Å². The average molecular weight is 408 g/mol. The molecule has 6 nitrogen and oxygen atoms in total. The van der Waals surface area contributed by atoms with E-state index in [4.69, 9.17) is 0 Å². The molecule has 158 valence electrons. The Hall–Kier alpha value is -2.63. The minimum atomic E-state index is -0.698. The van der Waals surface area contributed by atoms with E-state index in [9.17, 15) is 14.7 Å². The van der Waals surface area contributed by atoms with Gasteiger partial charge in [-0.05, 0) is 49.7 Å². The summed E-state index contributed by atoms with van der Waals surface area (Å²) in [6, 6.07) is 6.99. The summed E-state index contributed by atoms with van der Waals surface area (Å²) in [6.07, 6.45) is 7.59. The van der Waals surface area contributed by atoms with E-state index in [1.807, 2.05) is 0 Å². The van der Waals surface area contributed by atoms with Gasteiger partial charge in [0.05, 0.1) is 0 Å². The topological polar surface area (TPSA) is 75.4 Å². The molecule has 0 atom stereocenters. The first-order valence-corrected chi connectivity index (χ1v) is 11.1. The zero-order valence-electron chi connectivity index (χ0n) is 17.8. The predicted molar refractivity (Wildman–Crippen MR) is 114 cm³/mol. The van der Waals surface area contributed by atoms with Crippen LogP contribution in [0.3, 0.4) is 0 Å². The fourth-order valence-electron chi connectivity index (χ4n) is 5.41. The Morgan fingerprint density at radius 3 is 2.57 bits per heavy atom. The van der Waals surface area contributed by atoms with Crippen molar-refractivity contribution in [2.45, 2.75) is 69.7 Å². The van der Waals surface area contributed by atoms with Crippen molar-refractivity contribution in [1.82, 2.24) is 14.5 Å². The molecule has 0 saturated heterocycles. The van der Waals surface area contributed by atoms with E-state index in [1.54, 1.807) is 16.5 Å². The lowest BCUT2D eigenvalue weighted by atomic mass is 9.74. The maximum absolute atomic E-state index is 12.7. The van der Waals surface area contributed by atoms with Gasteiger partial charge in [-0.3, -0.25) is 9.59 Å². The summed E-state index contributed by atoms with van der Waals surface area (Å²) < 4.78 is 1.79. The highest BCUT2D eigenvalue weighted by atomic mass is 16.3. The van der Waals surface area contributed by atoms with Gasteiger partial charge in [0.1, 0.15) is 5.82 Å². The number of hydrogen-bond donors (Lipinski definition) is 1. The van der Waals surface area contributed by atoms with Crippen LogP contribution in [0.1, 0.15) is 77.4 Å². The van der Waals surface area contributed by atoms with Gasteiger partial charge in [-0.2, -0.15) is 4.98 Å². The quantitative estimate of drug-likeness (QED) is 0.844. The third kappa shape index (κ3) is 3.13. The third-order valence-electron chi connectivity index (χ3n) is 7.27. The molecule has 2 aromatic rings. The van der Waals surface area contributed by atoms with Crippen molar-refractivity contribution in [2.24, 2.45) is 0 Å². The molecule has 2 fully saturated rings. The predicted octanol–water partition coefficient (Wildman–Crippen LogP) is 3.27. The number of nitrogens with zero attached hydrogens (tertiary/aromatic N) is 3. The number of likely N-dealkylation sites (N-methyl/N-ethyl adjacent to an activating group) is 1. The molecule has 2 heterocycles. The van der Waals surface area contributed by atoms with Crippen molar-refractivity contribution < 1.29 is 9.90 Å². The van der Waals surface area contributed by atoms with Gasteiger partial charge in [-0.1, -0.05) is 36.6 Å². The molecule has 1 aromatic carbocycles. The van der Waals surface area contributed by atoms with Gasteiger partial charge in [0, 0.05) is 32.0 Å². The molecule has 2 saturated carbocycles. The molecule has 0 radical (unpaired) electrons. The third-order valence-corrected chi connectivity index (χ3v) is 7.27. The Morgan fingerprint density at radius 1 is 1.13 bits per heavy atom. The molecule has 0 unspecified atom stereocenters. The molecule has 1 N–H and O–H groups in total. The first kappa shape index (κ1) is 19.3. The van der Waals surface area contributed by atoms with Crippen LogP contribution >= 0.6 is 0 Å². The van der Waals surface area contributed by atoms with Crippen LogP contribution in [-0.2, 0) is 18.4 Å². The Bertz CT molecular complexity index is 1080. The highest BCUT2D eigenvalue weighted by Crippen LogP contribution is 2.47. The van der Waals surface area contributed by atoms with E-state index in [2.05, 4.69) is 30.1 Å². The SMILES string of the molecule is Cc1cc(C2CC2)cc(C2(Cc3nc(=O)c(O)c4n3CCN(C)C4=O)CCCC2)c1. The largest absolute Gasteiger partial charge is 0.501 e. The van der Waals surface area contributed by atoms with Gasteiger partial charge in [-0.15, -0.1) is 0 Å². The second-order valence-corrected chi connectivity index (χ2v) is 9.48. The Labute approximate surface area is 176 Å². The zero-order valence-corrected chi connectivity index (χ0v) is 17.8. The maximum Gasteiger partial charge on any atom is 0.315 e. The summed E-state index contributed by atoms with van der Waals surface area (Å²) in [4.78, 5) is 30.9. The van der Waals surface area contributed by atoms with Crippen LogP contribution < -0.4 is 5.56 Å². The molecule has 0 bridgehead atoms. The van der Waals surface area contributed by atoms with Crippen molar-refractivity contribution in [1.29, 1.82) is 0 Å². The number of aromatic hydroxyl groups is 1. The monoisotopic (exact) mass is 407 g/mol. The lowest BCUT2D eigenvalue weighted by molar-refractivity contribution is 0.0737. The summed E-state index contributed by atoms with van der Waals surface area (Å²) in [6.45, 7) is 3.26. The smallest absolute Gasteiger partial charge is 0.315 e. The number of rotatable bonds is 4. The molecule has 2 aliphatic carbocycles. The van der Waals surface area contributed by atoms with Crippen molar-refractivity contribution in [2.75, 3.05) is 13.6 Å². The van der Waals surface area contributed by atoms with Crippen LogP contribution in [-0.4, -0.2) is 39.1 Å². The summed E-state index contributed by atoms with van der Waals surface area (Å²) >= 11 is 0. The molecular weight excluding hydrogens is 378 g/mol. The number of benzene rings is 1. The fraction of sp³-hybridized carbons (Fsp3) is 0.542. The Balaban J connectivity index is 1.61. The molecule has 5 rings (SSSR count). The molecule has 1 amide bonds. The average Bonchev–Trinajstić information content (AvgIpc) is 3.46. The van der Waals surface area contributed by atoms with E-state index in [0.29, 0.717) is 31.3 Å². The van der Waals surface area contributed by atoms with Crippen molar-refractivity contribution in [3.63, 3.8) is 0 Å². The normalized spacial score (nSPS) is 20.5. The molecule has 3 aliphatic rings. The Morgan fingerprint density at radius 2 is 1.87 bits per heavy atom. The number of carbonyl (C=O) groups is 1. The number of aryl methyl sites for hydroxylation is 1. The molecular formula is C24H29N3O3. The summed E-state index contributed by atoms with van der Waals surface area (Å²) in [5, 5.41) is 10.3. The first-order chi connectivity index (χ1) is 14.4. The van der Waals surface area contributed by atoms with Crippen molar-refractivity contribution >= 4 is 5.91 Å². The molecule has 1 aromatic heterocycles. The van der Waals surface area contributed by atoms with Gasteiger partial charge >= 0.3 is 5.56 Å². The van der Waals surface area contributed by atoms with Gasteiger partial charge in [0.15, 0.2) is 5.69 Å². The van der Waals surface area contributed by atoms with Crippen LogP contribution in [0.15, 0.2) is 23.0 Å². The number of aromatic nitrogens is 2. The maximum atomic E-state index is 12.7. The van der Waals surface area contributed by atoms with Crippen LogP contribution in [0.5, 0.6) is 5.75 Å². The Kier molecular flexibility index (Phi) is 4.49. The second kappa shape index (κ2) is 6.96. The van der Waals surface area contributed by atoms with Crippen LogP contribution in [0.25, 0.3) is 0 Å². The van der Waals surface area contributed by atoms with Gasteiger partial charge in [-0.25, -0.2) is 0 Å². The number of carbonyl (C=O) groups excluding carboxylic acids is 1. The van der Waals surface area contributed by atoms with E-state index >= 15 is 0 Å². The van der Waals surface area contributed by atoms with Crippen molar-refractivity contribution in [3.8, 4) is 5.75 Å². The van der Waals surface area contributed by atoms with Gasteiger partial charge in [0.2, 0.25) is 5.75 Å². The number of amides is 1. The van der Waals surface area contributed by atoms with Crippen LogP contribution in [0, 0.1) is 6.92 Å². The summed E-state index contributed by atoms with van der Waals surface area (Å²) in [7, 11) is 1.69. The number of hydrogen-bond acceptors (Lipinski definition) is 4. The lowest BCUT2D eigenvalue weighted by Crippen LogP contribution is -2.42. The standard InChI is InChI=1S/C24H29N3O3/c1-15-11-17(16-5-6-16)13-18(12-15)24(7-3-4-8-24)14-19-25-22(29)21(28)20-23(30)26(2)9-10-27(19)20/h11-13,16,28H,3-10,14H2,1-2H3. The highest BCUT2D eigenvalue weighted by molar-refractivity contribution is 5.95. The first-order valence-electron chi connectivity index (χ1n) is 11.1. The van der Waals surface area contributed by atoms with E-state index in [1.165, 1.54) is 29.5 Å². The lowest BCUT2D eigenvalue weighted by Gasteiger charge is -2.34. The van der Waals surface area contributed by atoms with Gasteiger partial charge in [0.25, 0.3) is 5.91 Å². The van der Waals surface area contributed by atoms with Crippen molar-refractivity contribution in [3.05, 3.63) is 56.8 Å². The number of fused-ring (bicyclic) bond motifs is 1.